The first-order valence-corrected chi connectivity index (χ1v) is 10.9. The van der Waals surface area contributed by atoms with E-state index in [0.717, 1.165) is 33.7 Å². The van der Waals surface area contributed by atoms with Crippen molar-refractivity contribution in [2.45, 2.75) is 39.5 Å². The zero-order valence-corrected chi connectivity index (χ0v) is 19.4. The zero-order chi connectivity index (χ0) is 22.3. The van der Waals surface area contributed by atoms with Gasteiger partial charge in [0.05, 0.1) is 12.6 Å². The molecule has 2 bridgehead atoms. The highest BCUT2D eigenvalue weighted by molar-refractivity contribution is 7.80. The van der Waals surface area contributed by atoms with Crippen LogP contribution in [0.4, 0.5) is 5.69 Å². The summed E-state index contributed by atoms with van der Waals surface area (Å²) in [5.74, 6) is 0.140. The second kappa shape index (κ2) is 8.13. The summed E-state index contributed by atoms with van der Waals surface area (Å²) in [5.41, 5.74) is 4.09. The minimum Gasteiger partial charge on any atom is -0.467 e. The molecular formula is C24H29N3O3S. The van der Waals surface area contributed by atoms with E-state index in [4.69, 9.17) is 21.7 Å². The number of amides is 1. The van der Waals surface area contributed by atoms with Crippen molar-refractivity contribution in [3.8, 4) is 5.75 Å². The van der Waals surface area contributed by atoms with E-state index in [1.807, 2.05) is 56.9 Å². The minimum atomic E-state index is -0.948. The van der Waals surface area contributed by atoms with Crippen LogP contribution in [0.1, 0.15) is 35.2 Å². The molecule has 2 aliphatic heterocycles. The Morgan fingerprint density at radius 3 is 2.65 bits per heavy atom. The van der Waals surface area contributed by atoms with E-state index in [9.17, 15) is 4.79 Å². The molecule has 2 N–H and O–H groups in total. The number of hydrogen-bond acceptors (Lipinski definition) is 4. The average Bonchev–Trinajstić information content (AvgIpc) is 2.70. The topological polar surface area (TPSA) is 62.8 Å². The number of thiocarbonyl (C=S) groups is 1. The average molecular weight is 440 g/mol. The maximum atomic E-state index is 13.7. The molecule has 0 aromatic heterocycles. The first-order chi connectivity index (χ1) is 14.7. The maximum Gasteiger partial charge on any atom is 0.236 e. The molecule has 6 nitrogen and oxygen atoms in total. The molecule has 31 heavy (non-hydrogen) atoms. The highest BCUT2D eigenvalue weighted by Gasteiger charge is 2.58. The summed E-state index contributed by atoms with van der Waals surface area (Å²) in [5, 5.41) is 7.12. The molecule has 7 heteroatoms. The van der Waals surface area contributed by atoms with Crippen molar-refractivity contribution in [2.75, 3.05) is 25.6 Å². The van der Waals surface area contributed by atoms with Crippen LogP contribution in [-0.4, -0.2) is 41.9 Å². The fourth-order valence-electron chi connectivity index (χ4n) is 4.64. The van der Waals surface area contributed by atoms with Crippen molar-refractivity contribution >= 4 is 28.9 Å². The molecule has 3 atom stereocenters. The van der Waals surface area contributed by atoms with Gasteiger partial charge in [0, 0.05) is 24.9 Å². The Morgan fingerprint density at radius 1 is 1.23 bits per heavy atom. The number of fused-ring (bicyclic) bond motifs is 4. The number of aryl methyl sites for hydroxylation is 3. The van der Waals surface area contributed by atoms with Gasteiger partial charge in [-0.2, -0.15) is 0 Å². The van der Waals surface area contributed by atoms with Crippen molar-refractivity contribution in [3.05, 3.63) is 58.7 Å². The van der Waals surface area contributed by atoms with Crippen molar-refractivity contribution < 1.29 is 14.3 Å². The largest absolute Gasteiger partial charge is 0.467 e. The Balaban J connectivity index is 1.76. The predicted octanol–water partition coefficient (Wildman–Crippen LogP) is 3.85. The normalized spacial score (nSPS) is 24.2. The van der Waals surface area contributed by atoms with Gasteiger partial charge in [0.1, 0.15) is 11.7 Å². The Morgan fingerprint density at radius 2 is 1.94 bits per heavy atom. The van der Waals surface area contributed by atoms with Crippen molar-refractivity contribution in [1.82, 2.24) is 10.2 Å². The number of nitrogens with zero attached hydrogens (tertiary/aromatic N) is 1. The minimum absolute atomic E-state index is 0.107. The third-order valence-electron chi connectivity index (χ3n) is 6.23. The van der Waals surface area contributed by atoms with Crippen LogP contribution in [0.15, 0.2) is 36.4 Å². The van der Waals surface area contributed by atoms with Gasteiger partial charge in [-0.25, -0.2) is 0 Å². The third kappa shape index (κ3) is 3.77. The standard InChI is InChI=1S/C24H29N3O3S/c1-14-6-8-18(16(3)12-14)25-22(28)20-21-17-13-15(2)7-9-19(17)30-24(20,4)27(10-11-29-5)23(31)26-21/h6-9,12-13,20-21H,10-11H2,1-5H3,(H,25,28)(H,26,31)/t20-,21-,24-/m0/s1. The van der Waals surface area contributed by atoms with Crippen LogP contribution in [0, 0.1) is 26.7 Å². The van der Waals surface area contributed by atoms with Gasteiger partial charge in [-0.3, -0.25) is 4.79 Å². The molecule has 0 aliphatic carbocycles. The number of hydrogen-bond donors (Lipinski definition) is 2. The molecule has 2 aliphatic rings. The van der Waals surface area contributed by atoms with Gasteiger partial charge in [-0.15, -0.1) is 0 Å². The number of rotatable bonds is 5. The Labute approximate surface area is 188 Å². The first-order valence-electron chi connectivity index (χ1n) is 10.5. The fourth-order valence-corrected chi connectivity index (χ4v) is 5.04. The molecule has 0 radical (unpaired) electrons. The Bertz CT molecular complexity index is 1040. The van der Waals surface area contributed by atoms with Crippen LogP contribution in [0.25, 0.3) is 0 Å². The number of benzene rings is 2. The lowest BCUT2D eigenvalue weighted by Crippen LogP contribution is -2.72. The van der Waals surface area contributed by atoms with E-state index in [1.54, 1.807) is 7.11 Å². The summed E-state index contributed by atoms with van der Waals surface area (Å²) in [4.78, 5) is 15.6. The van der Waals surface area contributed by atoms with E-state index in [1.165, 1.54) is 0 Å². The SMILES string of the molecule is COCCN1C(=S)N[C@H]2c3cc(C)ccc3O[C@@]1(C)[C@@H]2C(=O)Nc1ccc(C)cc1C. The molecule has 4 rings (SSSR count). The van der Waals surface area contributed by atoms with E-state index < -0.39 is 11.6 Å². The maximum absolute atomic E-state index is 13.7. The van der Waals surface area contributed by atoms with Crippen molar-refractivity contribution in [1.29, 1.82) is 0 Å². The number of ether oxygens (including phenoxy) is 2. The Kier molecular flexibility index (Phi) is 5.66. The number of carbonyl (C=O) groups excluding carboxylic acids is 1. The number of methoxy groups -OCH3 is 1. The molecule has 1 amide bonds. The van der Waals surface area contributed by atoms with Gasteiger partial charge in [-0.1, -0.05) is 35.4 Å². The summed E-state index contributed by atoms with van der Waals surface area (Å²) < 4.78 is 11.8. The number of nitrogens with one attached hydrogen (secondary N) is 2. The smallest absolute Gasteiger partial charge is 0.236 e. The van der Waals surface area contributed by atoms with Gasteiger partial charge in [-0.05, 0) is 57.6 Å². The molecule has 1 fully saturated rings. The molecule has 2 heterocycles. The van der Waals surface area contributed by atoms with Gasteiger partial charge in [0.15, 0.2) is 10.8 Å². The van der Waals surface area contributed by atoms with Crippen molar-refractivity contribution in [3.63, 3.8) is 0 Å². The fraction of sp³-hybridized carbons (Fsp3) is 0.417. The Hall–Kier alpha value is -2.64. The summed E-state index contributed by atoms with van der Waals surface area (Å²) in [6.07, 6.45) is 0. The van der Waals surface area contributed by atoms with E-state index >= 15 is 0 Å². The lowest BCUT2D eigenvalue weighted by atomic mass is 9.78. The van der Waals surface area contributed by atoms with Crippen LogP contribution in [0.3, 0.4) is 0 Å². The van der Waals surface area contributed by atoms with Gasteiger partial charge >= 0.3 is 0 Å². The lowest BCUT2D eigenvalue weighted by molar-refractivity contribution is -0.150. The number of carbonyl (C=O) groups is 1. The third-order valence-corrected chi connectivity index (χ3v) is 6.57. The molecule has 0 saturated carbocycles. The van der Waals surface area contributed by atoms with Crippen LogP contribution in [0.5, 0.6) is 5.75 Å². The van der Waals surface area contributed by atoms with Crippen LogP contribution >= 0.6 is 12.2 Å². The summed E-state index contributed by atoms with van der Waals surface area (Å²) in [7, 11) is 1.65. The summed E-state index contributed by atoms with van der Waals surface area (Å²) in [6, 6.07) is 11.8. The molecule has 0 unspecified atom stereocenters. The molecule has 2 aromatic carbocycles. The second-order valence-electron chi connectivity index (χ2n) is 8.55. The van der Waals surface area contributed by atoms with E-state index in [-0.39, 0.29) is 11.9 Å². The molecule has 164 valence electrons. The summed E-state index contributed by atoms with van der Waals surface area (Å²) >= 11 is 5.68. The van der Waals surface area contributed by atoms with Crippen LogP contribution in [0.2, 0.25) is 0 Å². The van der Waals surface area contributed by atoms with Gasteiger partial charge < -0.3 is 25.0 Å². The summed E-state index contributed by atoms with van der Waals surface area (Å²) in [6.45, 7) is 9.00. The van der Waals surface area contributed by atoms with Crippen LogP contribution in [-0.2, 0) is 9.53 Å². The molecular weight excluding hydrogens is 410 g/mol. The molecule has 0 spiro atoms. The van der Waals surface area contributed by atoms with Crippen molar-refractivity contribution in [2.24, 2.45) is 5.92 Å². The predicted molar refractivity (Wildman–Crippen MR) is 125 cm³/mol. The molecule has 2 aromatic rings. The van der Waals surface area contributed by atoms with E-state index in [2.05, 4.69) is 22.8 Å². The zero-order valence-electron chi connectivity index (χ0n) is 18.6. The highest BCUT2D eigenvalue weighted by Crippen LogP contribution is 2.48. The monoisotopic (exact) mass is 439 g/mol. The number of anilines is 1. The van der Waals surface area contributed by atoms with Gasteiger partial charge in [0.25, 0.3) is 0 Å². The van der Waals surface area contributed by atoms with Gasteiger partial charge in [0.2, 0.25) is 5.91 Å². The quantitative estimate of drug-likeness (QED) is 0.690. The van der Waals surface area contributed by atoms with E-state index in [0.29, 0.717) is 18.3 Å². The highest BCUT2D eigenvalue weighted by atomic mass is 32.1. The molecule has 1 saturated heterocycles. The van der Waals surface area contributed by atoms with Crippen LogP contribution < -0.4 is 15.4 Å². The second-order valence-corrected chi connectivity index (χ2v) is 8.94. The first kappa shape index (κ1) is 21.6. The lowest BCUT2D eigenvalue weighted by Gasteiger charge is -2.56.